The van der Waals surface area contributed by atoms with Crippen molar-refractivity contribution in [3.8, 4) is 0 Å². The second kappa shape index (κ2) is 4.07. The Hall–Kier alpha value is -1.28. The standard InChI is InChI=1S/C12H12ClNO/c13-10-3-1-8(2-4-10)9-5-11(14)7-12(15)6-9/h1-4,7,9H,5-6,14H2/t9-/m1/s1. The van der Waals surface area contributed by atoms with E-state index >= 15 is 0 Å². The fourth-order valence-electron chi connectivity index (χ4n) is 1.89. The van der Waals surface area contributed by atoms with Crippen molar-refractivity contribution in [3.05, 3.63) is 46.6 Å². The first-order chi connectivity index (χ1) is 7.15. The van der Waals surface area contributed by atoms with Crippen molar-refractivity contribution < 1.29 is 4.79 Å². The van der Waals surface area contributed by atoms with Gasteiger partial charge < -0.3 is 5.73 Å². The predicted octanol–water partition coefficient (Wildman–Crippen LogP) is 2.63. The van der Waals surface area contributed by atoms with E-state index in [2.05, 4.69) is 0 Å². The molecule has 1 atom stereocenters. The van der Waals surface area contributed by atoms with Crippen molar-refractivity contribution in [2.24, 2.45) is 5.73 Å². The molecule has 0 bridgehead atoms. The molecular weight excluding hydrogens is 210 g/mol. The number of hydrogen-bond acceptors (Lipinski definition) is 2. The van der Waals surface area contributed by atoms with Crippen molar-refractivity contribution in [3.63, 3.8) is 0 Å². The second-order valence-corrected chi connectivity index (χ2v) is 4.28. The Morgan fingerprint density at radius 2 is 1.87 bits per heavy atom. The van der Waals surface area contributed by atoms with Crippen molar-refractivity contribution in [2.45, 2.75) is 18.8 Å². The van der Waals surface area contributed by atoms with Crippen LogP contribution in [-0.2, 0) is 4.79 Å². The minimum atomic E-state index is 0.110. The summed E-state index contributed by atoms with van der Waals surface area (Å²) in [7, 11) is 0. The molecule has 0 aromatic heterocycles. The van der Waals surface area contributed by atoms with E-state index in [0.717, 1.165) is 12.0 Å². The topological polar surface area (TPSA) is 43.1 Å². The normalized spacial score (nSPS) is 21.3. The maximum atomic E-state index is 11.3. The van der Waals surface area contributed by atoms with E-state index in [-0.39, 0.29) is 11.7 Å². The van der Waals surface area contributed by atoms with Crippen LogP contribution in [0.5, 0.6) is 0 Å². The monoisotopic (exact) mass is 221 g/mol. The number of hydrogen-bond donors (Lipinski definition) is 1. The predicted molar refractivity (Wildman–Crippen MR) is 60.7 cm³/mol. The molecule has 1 aromatic carbocycles. The quantitative estimate of drug-likeness (QED) is 0.792. The average Bonchev–Trinajstić information content (AvgIpc) is 2.17. The number of nitrogens with two attached hydrogens (primary N) is 1. The molecule has 0 unspecified atom stereocenters. The van der Waals surface area contributed by atoms with Crippen LogP contribution in [0.3, 0.4) is 0 Å². The highest BCUT2D eigenvalue weighted by Crippen LogP contribution is 2.30. The lowest BCUT2D eigenvalue weighted by Crippen LogP contribution is -2.16. The smallest absolute Gasteiger partial charge is 0.158 e. The third kappa shape index (κ3) is 2.39. The summed E-state index contributed by atoms with van der Waals surface area (Å²) >= 11 is 5.80. The Morgan fingerprint density at radius 3 is 2.47 bits per heavy atom. The van der Waals surface area contributed by atoms with Gasteiger partial charge in [0.25, 0.3) is 0 Å². The van der Waals surface area contributed by atoms with Crippen LogP contribution < -0.4 is 5.73 Å². The molecule has 15 heavy (non-hydrogen) atoms. The minimum absolute atomic E-state index is 0.110. The summed E-state index contributed by atoms with van der Waals surface area (Å²) in [5, 5.41) is 0.712. The van der Waals surface area contributed by atoms with Gasteiger partial charge >= 0.3 is 0 Å². The Kier molecular flexibility index (Phi) is 2.78. The van der Waals surface area contributed by atoms with Crippen molar-refractivity contribution in [1.29, 1.82) is 0 Å². The number of ketones is 1. The summed E-state index contributed by atoms with van der Waals surface area (Å²) in [5.41, 5.74) is 7.50. The Morgan fingerprint density at radius 1 is 1.20 bits per heavy atom. The molecule has 0 amide bonds. The molecular formula is C12H12ClNO. The van der Waals surface area contributed by atoms with E-state index < -0.39 is 0 Å². The molecule has 1 aromatic rings. The summed E-state index contributed by atoms with van der Waals surface area (Å²) < 4.78 is 0. The molecule has 0 fully saturated rings. The van der Waals surface area contributed by atoms with Gasteiger partial charge in [-0.2, -0.15) is 0 Å². The van der Waals surface area contributed by atoms with Gasteiger partial charge in [0.15, 0.2) is 5.78 Å². The van der Waals surface area contributed by atoms with E-state index in [9.17, 15) is 4.79 Å². The van der Waals surface area contributed by atoms with E-state index in [4.69, 9.17) is 17.3 Å². The van der Waals surface area contributed by atoms with Crippen molar-refractivity contribution in [2.75, 3.05) is 0 Å². The molecule has 0 heterocycles. The third-order valence-corrected chi connectivity index (χ3v) is 2.87. The number of carbonyl (C=O) groups is 1. The molecule has 0 aliphatic heterocycles. The zero-order chi connectivity index (χ0) is 10.8. The summed E-state index contributed by atoms with van der Waals surface area (Å²) in [6.07, 6.45) is 2.84. The summed E-state index contributed by atoms with van der Waals surface area (Å²) in [5.74, 6) is 0.318. The summed E-state index contributed by atoms with van der Waals surface area (Å²) in [6.45, 7) is 0. The SMILES string of the molecule is NC1=CC(=O)C[C@H](c2ccc(Cl)cc2)C1. The maximum absolute atomic E-state index is 11.3. The van der Waals surface area contributed by atoms with Gasteiger partial charge in [-0.3, -0.25) is 4.79 Å². The first kappa shape index (κ1) is 10.2. The van der Waals surface area contributed by atoms with Crippen molar-refractivity contribution >= 4 is 17.4 Å². The largest absolute Gasteiger partial charge is 0.402 e. The maximum Gasteiger partial charge on any atom is 0.158 e. The van der Waals surface area contributed by atoms with Gasteiger partial charge in [-0.1, -0.05) is 23.7 Å². The molecule has 1 aliphatic carbocycles. The zero-order valence-corrected chi connectivity index (χ0v) is 9.00. The lowest BCUT2D eigenvalue weighted by atomic mass is 9.86. The Bertz CT molecular complexity index is 408. The van der Waals surface area contributed by atoms with Gasteiger partial charge in [-0.05, 0) is 36.1 Å². The summed E-state index contributed by atoms with van der Waals surface area (Å²) in [4.78, 5) is 11.3. The second-order valence-electron chi connectivity index (χ2n) is 3.84. The van der Waals surface area contributed by atoms with Crippen LogP contribution in [-0.4, -0.2) is 5.78 Å². The van der Waals surface area contributed by atoms with Crippen LogP contribution in [0.4, 0.5) is 0 Å². The Labute approximate surface area is 93.7 Å². The highest BCUT2D eigenvalue weighted by molar-refractivity contribution is 6.30. The van der Waals surface area contributed by atoms with Crippen LogP contribution >= 0.6 is 11.6 Å². The zero-order valence-electron chi connectivity index (χ0n) is 8.24. The van der Waals surface area contributed by atoms with Crippen LogP contribution in [0.2, 0.25) is 5.02 Å². The highest BCUT2D eigenvalue weighted by atomic mass is 35.5. The highest BCUT2D eigenvalue weighted by Gasteiger charge is 2.20. The van der Waals surface area contributed by atoms with Crippen LogP contribution in [0.1, 0.15) is 24.3 Å². The molecule has 0 radical (unpaired) electrons. The minimum Gasteiger partial charge on any atom is -0.402 e. The van der Waals surface area contributed by atoms with Gasteiger partial charge in [0.1, 0.15) is 0 Å². The average molecular weight is 222 g/mol. The van der Waals surface area contributed by atoms with Crippen LogP contribution in [0, 0.1) is 0 Å². The van der Waals surface area contributed by atoms with Crippen LogP contribution in [0.25, 0.3) is 0 Å². The number of rotatable bonds is 1. The van der Waals surface area contributed by atoms with Gasteiger partial charge in [-0.25, -0.2) is 0 Å². The van der Waals surface area contributed by atoms with E-state index in [0.29, 0.717) is 17.1 Å². The fraction of sp³-hybridized carbons (Fsp3) is 0.250. The Balaban J connectivity index is 2.22. The van der Waals surface area contributed by atoms with Gasteiger partial charge in [0, 0.05) is 17.1 Å². The third-order valence-electron chi connectivity index (χ3n) is 2.62. The first-order valence-electron chi connectivity index (χ1n) is 4.89. The summed E-state index contributed by atoms with van der Waals surface area (Å²) in [6, 6.07) is 7.60. The van der Waals surface area contributed by atoms with Crippen LogP contribution in [0.15, 0.2) is 36.0 Å². The number of halogens is 1. The lowest BCUT2D eigenvalue weighted by molar-refractivity contribution is -0.115. The molecule has 0 saturated heterocycles. The number of benzene rings is 1. The van der Waals surface area contributed by atoms with E-state index in [1.54, 1.807) is 0 Å². The number of allylic oxidation sites excluding steroid dienone is 2. The molecule has 2 nitrogen and oxygen atoms in total. The van der Waals surface area contributed by atoms with Gasteiger partial charge in [-0.15, -0.1) is 0 Å². The molecule has 2 rings (SSSR count). The number of carbonyl (C=O) groups excluding carboxylic acids is 1. The first-order valence-corrected chi connectivity index (χ1v) is 5.27. The van der Waals surface area contributed by atoms with Gasteiger partial charge in [0.05, 0.1) is 0 Å². The molecule has 2 N–H and O–H groups in total. The molecule has 1 aliphatic rings. The molecule has 0 spiro atoms. The lowest BCUT2D eigenvalue weighted by Gasteiger charge is -2.20. The molecule has 0 saturated carbocycles. The van der Waals surface area contributed by atoms with E-state index in [1.165, 1.54) is 6.08 Å². The fourth-order valence-corrected chi connectivity index (χ4v) is 2.02. The van der Waals surface area contributed by atoms with E-state index in [1.807, 2.05) is 24.3 Å². The molecule has 3 heteroatoms. The van der Waals surface area contributed by atoms with Gasteiger partial charge in [0.2, 0.25) is 0 Å². The molecule has 78 valence electrons. The van der Waals surface area contributed by atoms with Crippen molar-refractivity contribution in [1.82, 2.24) is 0 Å².